The van der Waals surface area contributed by atoms with Gasteiger partial charge in [-0.3, -0.25) is 0 Å². The van der Waals surface area contributed by atoms with Crippen LogP contribution in [0.5, 0.6) is 0 Å². The molecule has 8 heteroatoms. The number of hydrogen-bond acceptors (Lipinski definition) is 7. The van der Waals surface area contributed by atoms with E-state index in [0.29, 0.717) is 16.7 Å². The van der Waals surface area contributed by atoms with E-state index in [0.717, 1.165) is 12.1 Å². The predicted octanol–water partition coefficient (Wildman–Crippen LogP) is 0.802. The first-order valence-corrected chi connectivity index (χ1v) is 7.16. The van der Waals surface area contributed by atoms with Crippen LogP contribution in [0.15, 0.2) is 28.8 Å². The highest BCUT2D eigenvalue weighted by atomic mass is 35.5. The van der Waals surface area contributed by atoms with Gasteiger partial charge in [-0.1, -0.05) is 35.8 Å². The highest BCUT2D eigenvalue weighted by molar-refractivity contribution is 6.30. The first-order valence-electron chi connectivity index (χ1n) is 6.78. The van der Waals surface area contributed by atoms with Gasteiger partial charge in [-0.05, 0) is 18.7 Å². The molecule has 21 heavy (non-hydrogen) atoms. The van der Waals surface area contributed by atoms with Crippen LogP contribution in [0.2, 0.25) is 5.02 Å². The van der Waals surface area contributed by atoms with Crippen molar-refractivity contribution in [2.75, 3.05) is 6.54 Å². The lowest BCUT2D eigenvalue weighted by Gasteiger charge is -2.17. The average molecular weight is 309 g/mol. The maximum absolute atomic E-state index is 6.04. The second-order valence-corrected chi connectivity index (χ2v) is 5.28. The summed E-state index contributed by atoms with van der Waals surface area (Å²) in [4.78, 5) is 4.45. The van der Waals surface area contributed by atoms with Crippen molar-refractivity contribution in [3.8, 4) is 11.4 Å². The zero-order chi connectivity index (χ0) is 14.8. The smallest absolute Gasteiger partial charge is 0.236 e. The molecule has 5 N–H and O–H groups in total. The Bertz CT molecular complexity index is 616. The summed E-state index contributed by atoms with van der Waals surface area (Å²) in [6, 6.07) is 7.32. The summed E-state index contributed by atoms with van der Waals surface area (Å²) >= 11 is 5.98. The van der Waals surface area contributed by atoms with Gasteiger partial charge in [0.1, 0.15) is 0 Å². The van der Waals surface area contributed by atoms with Crippen molar-refractivity contribution < 1.29 is 4.52 Å². The van der Waals surface area contributed by atoms with E-state index in [1.165, 1.54) is 0 Å². The molecule has 3 rings (SSSR count). The topological polar surface area (TPSA) is 101 Å². The van der Waals surface area contributed by atoms with Crippen LogP contribution in [0.1, 0.15) is 18.7 Å². The first-order chi connectivity index (χ1) is 10.2. The summed E-state index contributed by atoms with van der Waals surface area (Å²) in [6.45, 7) is 2.83. The minimum atomic E-state index is -0.304. The van der Waals surface area contributed by atoms with Crippen molar-refractivity contribution in [2.45, 2.75) is 25.2 Å². The number of rotatable bonds is 4. The van der Waals surface area contributed by atoms with Crippen LogP contribution >= 0.6 is 11.6 Å². The lowest BCUT2D eigenvalue weighted by atomic mass is 10.1. The largest absolute Gasteiger partial charge is 0.338 e. The van der Waals surface area contributed by atoms with E-state index in [-0.39, 0.29) is 18.2 Å². The summed E-state index contributed by atoms with van der Waals surface area (Å²) in [5, 5.41) is 7.93. The fourth-order valence-electron chi connectivity index (χ4n) is 2.38. The summed E-state index contributed by atoms with van der Waals surface area (Å²) in [7, 11) is 0. The first kappa shape index (κ1) is 14.4. The number of aromatic nitrogens is 2. The molecule has 0 amide bonds. The normalized spacial score (nSPS) is 25.4. The van der Waals surface area contributed by atoms with Crippen LogP contribution in [0.4, 0.5) is 0 Å². The summed E-state index contributed by atoms with van der Waals surface area (Å²) in [5.74, 6) is 0.841. The van der Waals surface area contributed by atoms with Crippen molar-refractivity contribution in [1.29, 1.82) is 0 Å². The summed E-state index contributed by atoms with van der Waals surface area (Å²) < 4.78 is 5.39. The third kappa shape index (κ3) is 2.92. The fourth-order valence-corrected chi connectivity index (χ4v) is 2.57. The molecule has 1 aliphatic rings. The molecule has 1 aromatic heterocycles. The molecule has 1 saturated heterocycles. The van der Waals surface area contributed by atoms with Gasteiger partial charge in [0.05, 0.1) is 18.2 Å². The van der Waals surface area contributed by atoms with Gasteiger partial charge in [-0.2, -0.15) is 4.98 Å². The molecule has 0 spiro atoms. The van der Waals surface area contributed by atoms with Crippen LogP contribution in [0.25, 0.3) is 11.4 Å². The standard InChI is InChI=1S/C13H17ClN6O/c1-2-16-12-9(10(15)18-19-12)13-17-11(20-21-13)7-4-3-5-8(14)6-7/h3-6,9-10,12,16,18-19H,2,15H2,1H3. The highest BCUT2D eigenvalue weighted by Gasteiger charge is 2.38. The fraction of sp³-hybridized carbons (Fsp3) is 0.385. The SMILES string of the molecule is CCNC1NNC(N)C1c1nc(-c2cccc(Cl)c2)no1. The van der Waals surface area contributed by atoms with Crippen molar-refractivity contribution >= 4 is 11.6 Å². The maximum Gasteiger partial charge on any atom is 0.236 e. The Hall–Kier alpha value is -1.51. The molecule has 2 heterocycles. The molecule has 1 aliphatic heterocycles. The van der Waals surface area contributed by atoms with E-state index >= 15 is 0 Å². The number of hydrogen-bond donors (Lipinski definition) is 4. The molecule has 1 fully saturated rings. The minimum Gasteiger partial charge on any atom is -0.338 e. The Morgan fingerprint density at radius 1 is 1.43 bits per heavy atom. The number of nitrogens with zero attached hydrogens (tertiary/aromatic N) is 2. The number of nitrogens with one attached hydrogen (secondary N) is 3. The Balaban J connectivity index is 1.87. The van der Waals surface area contributed by atoms with E-state index < -0.39 is 0 Å². The van der Waals surface area contributed by atoms with Crippen LogP contribution in [0.3, 0.4) is 0 Å². The molecule has 2 aromatic rings. The van der Waals surface area contributed by atoms with E-state index in [1.54, 1.807) is 12.1 Å². The van der Waals surface area contributed by atoms with Crippen molar-refractivity contribution in [3.05, 3.63) is 35.2 Å². The van der Waals surface area contributed by atoms with Crippen molar-refractivity contribution in [3.63, 3.8) is 0 Å². The summed E-state index contributed by atoms with van der Waals surface area (Å²) in [6.07, 6.45) is -0.362. The van der Waals surface area contributed by atoms with Crippen LogP contribution in [-0.4, -0.2) is 29.0 Å². The molecule has 0 aliphatic carbocycles. The number of halogens is 1. The molecular weight excluding hydrogens is 292 g/mol. The third-order valence-electron chi connectivity index (χ3n) is 3.39. The maximum atomic E-state index is 6.04. The second-order valence-electron chi connectivity index (χ2n) is 4.84. The lowest BCUT2D eigenvalue weighted by molar-refractivity contribution is 0.316. The van der Waals surface area contributed by atoms with Gasteiger partial charge in [-0.25, -0.2) is 10.9 Å². The minimum absolute atomic E-state index is 0.0577. The Morgan fingerprint density at radius 2 is 2.29 bits per heavy atom. The van der Waals surface area contributed by atoms with Gasteiger partial charge in [0.2, 0.25) is 11.7 Å². The molecule has 0 bridgehead atoms. The quantitative estimate of drug-likeness (QED) is 0.663. The van der Waals surface area contributed by atoms with E-state index in [2.05, 4.69) is 26.3 Å². The average Bonchev–Trinajstić information content (AvgIpc) is 3.06. The lowest BCUT2D eigenvalue weighted by Crippen LogP contribution is -2.43. The molecule has 3 atom stereocenters. The Morgan fingerprint density at radius 3 is 3.05 bits per heavy atom. The Kier molecular flexibility index (Phi) is 4.18. The Labute approximate surface area is 127 Å². The zero-order valence-corrected chi connectivity index (χ0v) is 12.3. The molecule has 1 aromatic carbocycles. The van der Waals surface area contributed by atoms with Gasteiger partial charge < -0.3 is 15.6 Å². The number of benzene rings is 1. The molecule has 0 saturated carbocycles. The molecule has 3 unspecified atom stereocenters. The van der Waals surface area contributed by atoms with E-state index in [4.69, 9.17) is 21.9 Å². The zero-order valence-electron chi connectivity index (χ0n) is 11.5. The van der Waals surface area contributed by atoms with E-state index in [1.807, 2.05) is 19.1 Å². The molecule has 7 nitrogen and oxygen atoms in total. The van der Waals surface area contributed by atoms with Gasteiger partial charge >= 0.3 is 0 Å². The molecular formula is C13H17ClN6O. The molecule has 112 valence electrons. The van der Waals surface area contributed by atoms with Crippen LogP contribution in [-0.2, 0) is 0 Å². The van der Waals surface area contributed by atoms with Gasteiger partial charge in [0, 0.05) is 10.6 Å². The van der Waals surface area contributed by atoms with Gasteiger partial charge in [-0.15, -0.1) is 0 Å². The third-order valence-corrected chi connectivity index (χ3v) is 3.62. The monoisotopic (exact) mass is 308 g/mol. The van der Waals surface area contributed by atoms with Crippen LogP contribution in [0, 0.1) is 0 Å². The van der Waals surface area contributed by atoms with E-state index in [9.17, 15) is 0 Å². The second kappa shape index (κ2) is 6.08. The van der Waals surface area contributed by atoms with Crippen LogP contribution < -0.4 is 21.9 Å². The highest BCUT2D eigenvalue weighted by Crippen LogP contribution is 2.26. The summed E-state index contributed by atoms with van der Waals surface area (Å²) in [5.41, 5.74) is 12.9. The number of nitrogens with two attached hydrogens (primary N) is 1. The number of likely N-dealkylation sites (N-methyl/N-ethyl adjacent to an activating group) is 1. The number of hydrazine groups is 1. The predicted molar refractivity (Wildman–Crippen MR) is 79.2 cm³/mol. The van der Waals surface area contributed by atoms with Crippen molar-refractivity contribution in [1.82, 2.24) is 26.3 Å². The molecule has 0 radical (unpaired) electrons. The van der Waals surface area contributed by atoms with Gasteiger partial charge in [0.25, 0.3) is 0 Å². The van der Waals surface area contributed by atoms with Gasteiger partial charge in [0.15, 0.2) is 0 Å². The van der Waals surface area contributed by atoms with Crippen molar-refractivity contribution in [2.24, 2.45) is 5.73 Å².